The molecule has 6 heteroatoms. The zero-order chi connectivity index (χ0) is 61.7. The van der Waals surface area contributed by atoms with E-state index in [9.17, 15) is 0 Å². The van der Waals surface area contributed by atoms with Crippen molar-refractivity contribution in [3.05, 3.63) is 257 Å². The molecule has 0 N–H and O–H groups in total. The average molecular weight is 1160 g/mol. The molecule has 438 valence electrons. The first kappa shape index (κ1) is 56.0. The maximum absolute atomic E-state index is 6.67. The van der Waals surface area contributed by atoms with Gasteiger partial charge in [0.15, 0.2) is 0 Å². The highest BCUT2D eigenvalue weighted by molar-refractivity contribution is 7.00. The van der Waals surface area contributed by atoms with Gasteiger partial charge in [-0.2, -0.15) is 0 Å². The number of hydrogen-bond acceptors (Lipinski definition) is 4. The van der Waals surface area contributed by atoms with Crippen molar-refractivity contribution >= 4 is 118 Å². The van der Waals surface area contributed by atoms with Gasteiger partial charge < -0.3 is 23.7 Å². The van der Waals surface area contributed by atoms with Crippen molar-refractivity contribution in [1.82, 2.24) is 4.57 Å². The summed E-state index contributed by atoms with van der Waals surface area (Å²) in [5.41, 5.74) is 31.8. The second kappa shape index (κ2) is 20.3. The van der Waals surface area contributed by atoms with Crippen LogP contribution in [0.3, 0.4) is 0 Å². The number of para-hydroxylation sites is 4. The first-order valence-corrected chi connectivity index (χ1v) is 31.8. The normalized spacial score (nSPS) is 13.2. The molecule has 0 aliphatic carbocycles. The second-order valence-electron chi connectivity index (χ2n) is 28.6. The molecule has 0 atom stereocenters. The first-order chi connectivity index (χ1) is 42.6. The molecule has 15 rings (SSSR count). The topological polar surface area (TPSA) is 27.8 Å². The molecule has 0 bridgehead atoms. The lowest BCUT2D eigenvalue weighted by Crippen LogP contribution is -2.61. The zero-order valence-electron chi connectivity index (χ0n) is 54.0. The molecule has 2 aromatic heterocycles. The van der Waals surface area contributed by atoms with E-state index in [1.165, 1.54) is 117 Å². The van der Waals surface area contributed by atoms with Crippen LogP contribution in [0.4, 0.5) is 51.2 Å². The molecule has 0 saturated heterocycles. The first-order valence-electron chi connectivity index (χ1n) is 31.8. The Labute approximate surface area is 525 Å². The van der Waals surface area contributed by atoms with E-state index in [4.69, 9.17) is 4.42 Å². The third-order valence-corrected chi connectivity index (χ3v) is 19.3. The summed E-state index contributed by atoms with van der Waals surface area (Å²) in [6.07, 6.45) is 0. The van der Waals surface area contributed by atoms with Gasteiger partial charge in [-0.1, -0.05) is 184 Å². The highest BCUT2D eigenvalue weighted by Gasteiger charge is 2.45. The Bertz CT molecular complexity index is 4990. The number of anilines is 9. The molecule has 0 fully saturated rings. The fourth-order valence-corrected chi connectivity index (χ4v) is 14.9. The SMILES string of the molecule is Cc1cc2c3c(c1)N(c1c(C)cc(-c4cccc5c4oc4ccccc45)cc1C)c1cc(C(C)(C)C)ccc1B3c1ccc(N(c3ccc4c5ccccc5n(-c5ccccc5)c4c3)c3c(C)cc(C(C)(C)C)cc3C)cc1N2c1ccc(C(C)(C)C)cc1. The fraction of sp³-hybridized carbons (Fsp3) is 0.205. The van der Waals surface area contributed by atoms with E-state index >= 15 is 0 Å². The lowest BCUT2D eigenvalue weighted by molar-refractivity contribution is 0.589. The van der Waals surface area contributed by atoms with Crippen LogP contribution in [0.25, 0.3) is 60.6 Å². The van der Waals surface area contributed by atoms with Crippen LogP contribution in [0, 0.1) is 34.6 Å². The minimum atomic E-state index is -0.101. The van der Waals surface area contributed by atoms with Gasteiger partial charge in [0, 0.05) is 72.6 Å². The van der Waals surface area contributed by atoms with Crippen LogP contribution < -0.4 is 31.1 Å². The van der Waals surface area contributed by atoms with Crippen molar-refractivity contribution in [2.24, 2.45) is 0 Å². The van der Waals surface area contributed by atoms with Gasteiger partial charge in [-0.05, 0) is 208 Å². The van der Waals surface area contributed by atoms with Crippen molar-refractivity contribution in [2.75, 3.05) is 14.7 Å². The molecule has 11 aromatic carbocycles. The molecular formula is C83H77BN4O. The predicted octanol–water partition coefficient (Wildman–Crippen LogP) is 21.3. The van der Waals surface area contributed by atoms with E-state index in [-0.39, 0.29) is 23.0 Å². The van der Waals surface area contributed by atoms with Crippen molar-refractivity contribution in [1.29, 1.82) is 0 Å². The third-order valence-electron chi connectivity index (χ3n) is 19.3. The van der Waals surface area contributed by atoms with E-state index < -0.39 is 0 Å². The molecule has 2 aliphatic rings. The summed E-state index contributed by atoms with van der Waals surface area (Å²) in [7, 11) is 0. The number of furan rings is 1. The molecule has 5 nitrogen and oxygen atoms in total. The van der Waals surface area contributed by atoms with Gasteiger partial charge in [0.25, 0.3) is 6.71 Å². The second-order valence-corrected chi connectivity index (χ2v) is 28.6. The molecule has 0 radical (unpaired) electrons. The molecule has 0 saturated carbocycles. The van der Waals surface area contributed by atoms with Crippen molar-refractivity contribution in [3.8, 4) is 16.8 Å². The number of hydrogen-bond donors (Lipinski definition) is 0. The molecule has 13 aromatic rings. The Morgan fingerprint density at radius 1 is 0.393 bits per heavy atom. The number of aromatic nitrogens is 1. The quantitative estimate of drug-likeness (QED) is 0.149. The lowest BCUT2D eigenvalue weighted by Gasteiger charge is -2.45. The summed E-state index contributed by atoms with van der Waals surface area (Å²) in [6.45, 7) is 32.3. The smallest absolute Gasteiger partial charge is 0.252 e. The Morgan fingerprint density at radius 2 is 0.955 bits per heavy atom. The van der Waals surface area contributed by atoms with Gasteiger partial charge in [0.1, 0.15) is 11.2 Å². The molecule has 0 amide bonds. The summed E-state index contributed by atoms with van der Waals surface area (Å²) in [5, 5.41) is 4.74. The van der Waals surface area contributed by atoms with Gasteiger partial charge in [-0.15, -0.1) is 0 Å². The Balaban J connectivity index is 0.981. The summed E-state index contributed by atoms with van der Waals surface area (Å²) in [4.78, 5) is 7.77. The molecular weight excluding hydrogens is 1080 g/mol. The zero-order valence-corrected chi connectivity index (χ0v) is 54.0. The largest absolute Gasteiger partial charge is 0.455 e. The predicted molar refractivity (Wildman–Crippen MR) is 382 cm³/mol. The maximum Gasteiger partial charge on any atom is 0.252 e. The minimum Gasteiger partial charge on any atom is -0.455 e. The van der Waals surface area contributed by atoms with Crippen LogP contribution in [0.15, 0.2) is 217 Å². The summed E-state index contributed by atoms with van der Waals surface area (Å²) in [6, 6.07) is 80.5. The maximum atomic E-state index is 6.67. The number of aryl methyl sites for hydroxylation is 5. The van der Waals surface area contributed by atoms with E-state index in [0.717, 1.165) is 55.8 Å². The van der Waals surface area contributed by atoms with E-state index in [0.29, 0.717) is 0 Å². The summed E-state index contributed by atoms with van der Waals surface area (Å²) in [5.74, 6) is 0. The van der Waals surface area contributed by atoms with Crippen LogP contribution >= 0.6 is 0 Å². The molecule has 2 aliphatic heterocycles. The Morgan fingerprint density at radius 3 is 1.64 bits per heavy atom. The van der Waals surface area contributed by atoms with Gasteiger partial charge in [-0.3, -0.25) is 0 Å². The van der Waals surface area contributed by atoms with Gasteiger partial charge in [-0.25, -0.2) is 0 Å². The van der Waals surface area contributed by atoms with Crippen molar-refractivity contribution in [3.63, 3.8) is 0 Å². The third kappa shape index (κ3) is 9.03. The Kier molecular flexibility index (Phi) is 12.8. The number of benzene rings is 11. The molecule has 89 heavy (non-hydrogen) atoms. The van der Waals surface area contributed by atoms with Gasteiger partial charge in [0.05, 0.1) is 22.4 Å². The fourth-order valence-electron chi connectivity index (χ4n) is 14.9. The summed E-state index contributed by atoms with van der Waals surface area (Å²) >= 11 is 0. The van der Waals surface area contributed by atoms with Crippen LogP contribution in [-0.2, 0) is 16.2 Å². The lowest BCUT2D eigenvalue weighted by atomic mass is 9.33. The molecule has 4 heterocycles. The van der Waals surface area contributed by atoms with Crippen LogP contribution in [-0.4, -0.2) is 11.3 Å². The molecule has 0 spiro atoms. The standard InChI is InChI=1S/C83H77BN4O/c1-50-41-74-77-75(42-50)88(79-51(2)43-55(44-52(79)3)63-27-22-28-67-66-26-19-21-30-76(66)89-80(63)67)72-47-57(82(9,10)11)33-39-68(72)84(77)69-40-37-62(49-73(69)87(74)60-34-31-56(32-35-60)81(6,7)8)85(78-53(4)45-58(46-54(78)5)83(12,13)14)61-36-38-65-64-25-18-20-29-70(64)86(71(65)48-61)59-23-16-15-17-24-59/h15-49H,1-14H3. The summed E-state index contributed by atoms with van der Waals surface area (Å²) < 4.78 is 9.12. The number of nitrogens with zero attached hydrogens (tertiary/aromatic N) is 4. The number of rotatable bonds is 7. The average Bonchev–Trinajstić information content (AvgIpc) is 1.44. The highest BCUT2D eigenvalue weighted by Crippen LogP contribution is 2.51. The van der Waals surface area contributed by atoms with E-state index in [2.05, 4.69) is 329 Å². The monoisotopic (exact) mass is 1160 g/mol. The highest BCUT2D eigenvalue weighted by atomic mass is 16.3. The van der Waals surface area contributed by atoms with E-state index in [1.807, 2.05) is 0 Å². The van der Waals surface area contributed by atoms with Gasteiger partial charge >= 0.3 is 0 Å². The van der Waals surface area contributed by atoms with Gasteiger partial charge in [0.2, 0.25) is 0 Å². The van der Waals surface area contributed by atoms with Crippen LogP contribution in [0.5, 0.6) is 0 Å². The van der Waals surface area contributed by atoms with E-state index in [1.54, 1.807) is 0 Å². The van der Waals surface area contributed by atoms with Crippen LogP contribution in [0.2, 0.25) is 0 Å². The molecule has 0 unspecified atom stereocenters. The minimum absolute atomic E-state index is 0.0227. The van der Waals surface area contributed by atoms with Crippen LogP contribution in [0.1, 0.15) is 107 Å². The van der Waals surface area contributed by atoms with Crippen molar-refractivity contribution < 1.29 is 4.42 Å². The van der Waals surface area contributed by atoms with Crippen molar-refractivity contribution in [2.45, 2.75) is 113 Å². The Hall–Kier alpha value is -9.52. The number of fused-ring (bicyclic) bond motifs is 10.